The summed E-state index contributed by atoms with van der Waals surface area (Å²) in [5, 5.41) is 8.70. The van der Waals surface area contributed by atoms with Crippen LogP contribution in [-0.4, -0.2) is 30.0 Å². The molecule has 1 aliphatic carbocycles. The summed E-state index contributed by atoms with van der Waals surface area (Å²) in [6.45, 7) is 1.87. The van der Waals surface area contributed by atoms with Crippen LogP contribution in [0.5, 0.6) is 5.75 Å². The fourth-order valence-corrected chi connectivity index (χ4v) is 2.66. The van der Waals surface area contributed by atoms with Crippen LogP contribution in [0, 0.1) is 11.3 Å². The second kappa shape index (κ2) is 8.38. The quantitative estimate of drug-likeness (QED) is 0.751. The highest BCUT2D eigenvalue weighted by atomic mass is 16.5. The number of ether oxygens (including phenoxy) is 1. The van der Waals surface area contributed by atoms with Crippen LogP contribution >= 0.6 is 0 Å². The van der Waals surface area contributed by atoms with Gasteiger partial charge in [-0.2, -0.15) is 5.26 Å². The highest BCUT2D eigenvalue weighted by Gasteiger charge is 2.16. The average Bonchev–Trinajstić information content (AvgIpc) is 3.05. The first-order chi connectivity index (χ1) is 11.1. The van der Waals surface area contributed by atoms with Crippen LogP contribution < -0.4 is 4.74 Å². The van der Waals surface area contributed by atoms with Gasteiger partial charge in [0.1, 0.15) is 5.75 Å². The minimum absolute atomic E-state index is 0.0887. The second-order valence-corrected chi connectivity index (χ2v) is 6.09. The highest BCUT2D eigenvalue weighted by Crippen LogP contribution is 2.24. The Kier molecular flexibility index (Phi) is 6.22. The van der Waals surface area contributed by atoms with E-state index in [0.717, 1.165) is 24.2 Å². The van der Waals surface area contributed by atoms with E-state index in [1.165, 1.54) is 12.8 Å². The largest absolute Gasteiger partial charge is 0.490 e. The summed E-state index contributed by atoms with van der Waals surface area (Å²) in [6.07, 6.45) is 8.73. The van der Waals surface area contributed by atoms with E-state index in [2.05, 4.69) is 6.07 Å². The molecule has 2 rings (SSSR count). The number of carbonyl (C=O) groups excluding carboxylic acids is 1. The van der Waals surface area contributed by atoms with Crippen molar-refractivity contribution in [2.24, 2.45) is 0 Å². The standard InChI is InChI=1S/C19H24N2O2/c1-15(12-13-20)21(2)19(22)11-10-16-6-5-9-18(14-16)23-17-7-3-4-8-17/h5-6,9-11,14-15,17H,3-4,7-8,12H2,1-2H3/b11-10+. The normalized spacial score (nSPS) is 16.2. The number of nitriles is 1. The van der Waals surface area contributed by atoms with Gasteiger partial charge in [-0.15, -0.1) is 0 Å². The minimum Gasteiger partial charge on any atom is -0.490 e. The van der Waals surface area contributed by atoms with Gasteiger partial charge in [0.25, 0.3) is 0 Å². The fraction of sp³-hybridized carbons (Fsp3) is 0.474. The number of rotatable bonds is 6. The Morgan fingerprint density at radius 1 is 1.48 bits per heavy atom. The van der Waals surface area contributed by atoms with Crippen molar-refractivity contribution in [2.75, 3.05) is 7.05 Å². The molecule has 122 valence electrons. The lowest BCUT2D eigenvalue weighted by molar-refractivity contribution is -0.126. The number of likely N-dealkylation sites (N-methyl/N-ethyl adjacent to an activating group) is 1. The zero-order chi connectivity index (χ0) is 16.7. The summed E-state index contributed by atoms with van der Waals surface area (Å²) in [6, 6.07) is 9.80. The maximum atomic E-state index is 12.1. The van der Waals surface area contributed by atoms with Crippen LogP contribution in [0.15, 0.2) is 30.3 Å². The lowest BCUT2D eigenvalue weighted by atomic mass is 10.2. The smallest absolute Gasteiger partial charge is 0.246 e. The zero-order valence-electron chi connectivity index (χ0n) is 13.9. The van der Waals surface area contributed by atoms with Crippen LogP contribution in [-0.2, 0) is 4.79 Å². The van der Waals surface area contributed by atoms with Crippen molar-refractivity contribution in [1.82, 2.24) is 4.90 Å². The van der Waals surface area contributed by atoms with Gasteiger partial charge in [-0.25, -0.2) is 0 Å². The van der Waals surface area contributed by atoms with Gasteiger partial charge in [0.05, 0.1) is 18.6 Å². The predicted octanol–water partition coefficient (Wildman–Crippen LogP) is 3.78. The Morgan fingerprint density at radius 3 is 2.91 bits per heavy atom. The van der Waals surface area contributed by atoms with Crippen LogP contribution in [0.3, 0.4) is 0 Å². The number of hydrogen-bond donors (Lipinski definition) is 0. The van der Waals surface area contributed by atoms with Crippen molar-refractivity contribution in [2.45, 2.75) is 51.2 Å². The minimum atomic E-state index is -0.102. The van der Waals surface area contributed by atoms with Crippen LogP contribution in [0.1, 0.15) is 44.6 Å². The molecule has 0 aromatic heterocycles. The third-order valence-corrected chi connectivity index (χ3v) is 4.28. The van der Waals surface area contributed by atoms with E-state index >= 15 is 0 Å². The SMILES string of the molecule is CC(CC#N)N(C)C(=O)/C=C/c1cccc(OC2CCCC2)c1. The number of hydrogen-bond acceptors (Lipinski definition) is 3. The molecule has 0 aliphatic heterocycles. The van der Waals surface area contributed by atoms with E-state index in [0.29, 0.717) is 12.5 Å². The predicted molar refractivity (Wildman–Crippen MR) is 90.8 cm³/mol. The van der Waals surface area contributed by atoms with Gasteiger partial charge in [0, 0.05) is 19.2 Å². The molecule has 0 saturated heterocycles. The Morgan fingerprint density at radius 2 is 2.22 bits per heavy atom. The number of nitrogens with zero attached hydrogens (tertiary/aromatic N) is 2. The first-order valence-corrected chi connectivity index (χ1v) is 8.18. The first kappa shape index (κ1) is 17.1. The molecule has 1 aliphatic rings. The molecule has 0 radical (unpaired) electrons. The van der Waals surface area contributed by atoms with Crippen LogP contribution in [0.4, 0.5) is 0 Å². The van der Waals surface area contributed by atoms with E-state index in [4.69, 9.17) is 10.00 Å². The van der Waals surface area contributed by atoms with Gasteiger partial charge in [-0.1, -0.05) is 12.1 Å². The summed E-state index contributed by atoms with van der Waals surface area (Å²) in [4.78, 5) is 13.7. The van der Waals surface area contributed by atoms with Crippen molar-refractivity contribution in [3.05, 3.63) is 35.9 Å². The van der Waals surface area contributed by atoms with Gasteiger partial charge >= 0.3 is 0 Å². The topological polar surface area (TPSA) is 53.3 Å². The first-order valence-electron chi connectivity index (χ1n) is 8.18. The van der Waals surface area contributed by atoms with E-state index in [9.17, 15) is 4.79 Å². The molecule has 4 nitrogen and oxygen atoms in total. The molecule has 0 bridgehead atoms. The maximum absolute atomic E-state index is 12.1. The number of benzene rings is 1. The zero-order valence-corrected chi connectivity index (χ0v) is 13.9. The summed E-state index contributed by atoms with van der Waals surface area (Å²) in [5.74, 6) is 0.757. The Labute approximate surface area is 138 Å². The third-order valence-electron chi connectivity index (χ3n) is 4.28. The lowest BCUT2D eigenvalue weighted by Gasteiger charge is -2.21. The van der Waals surface area contributed by atoms with Gasteiger partial charge in [0.2, 0.25) is 5.91 Å². The Balaban J connectivity index is 1.96. The maximum Gasteiger partial charge on any atom is 0.246 e. The molecule has 1 atom stereocenters. The Bertz CT molecular complexity index is 598. The molecule has 4 heteroatoms. The molecule has 1 amide bonds. The molecular formula is C19H24N2O2. The van der Waals surface area contributed by atoms with Crippen molar-refractivity contribution >= 4 is 12.0 Å². The molecule has 1 fully saturated rings. The van der Waals surface area contributed by atoms with Gasteiger partial charge in [-0.05, 0) is 56.4 Å². The molecule has 1 aromatic rings. The summed E-state index contributed by atoms with van der Waals surface area (Å²) < 4.78 is 5.98. The molecular weight excluding hydrogens is 288 g/mol. The number of amides is 1. The van der Waals surface area contributed by atoms with E-state index < -0.39 is 0 Å². The molecule has 23 heavy (non-hydrogen) atoms. The summed E-state index contributed by atoms with van der Waals surface area (Å²) >= 11 is 0. The van der Waals surface area contributed by atoms with E-state index in [1.54, 1.807) is 24.1 Å². The molecule has 1 unspecified atom stereocenters. The van der Waals surface area contributed by atoms with E-state index in [-0.39, 0.29) is 11.9 Å². The monoisotopic (exact) mass is 312 g/mol. The molecule has 0 N–H and O–H groups in total. The van der Waals surface area contributed by atoms with Crippen molar-refractivity contribution < 1.29 is 9.53 Å². The summed E-state index contributed by atoms with van der Waals surface area (Å²) in [5.41, 5.74) is 0.940. The molecule has 0 spiro atoms. The molecule has 0 heterocycles. The van der Waals surface area contributed by atoms with Gasteiger partial charge < -0.3 is 9.64 Å². The second-order valence-electron chi connectivity index (χ2n) is 6.09. The number of carbonyl (C=O) groups is 1. The van der Waals surface area contributed by atoms with Crippen molar-refractivity contribution in [3.63, 3.8) is 0 Å². The van der Waals surface area contributed by atoms with Gasteiger partial charge in [0.15, 0.2) is 0 Å². The van der Waals surface area contributed by atoms with Crippen molar-refractivity contribution in [3.8, 4) is 11.8 Å². The van der Waals surface area contributed by atoms with Gasteiger partial charge in [-0.3, -0.25) is 4.79 Å². The average molecular weight is 312 g/mol. The highest BCUT2D eigenvalue weighted by molar-refractivity contribution is 5.91. The van der Waals surface area contributed by atoms with Crippen molar-refractivity contribution in [1.29, 1.82) is 5.26 Å². The van der Waals surface area contributed by atoms with Crippen LogP contribution in [0.25, 0.3) is 6.08 Å². The fourth-order valence-electron chi connectivity index (χ4n) is 2.66. The lowest BCUT2D eigenvalue weighted by Crippen LogP contribution is -2.33. The Hall–Kier alpha value is -2.28. The van der Waals surface area contributed by atoms with E-state index in [1.807, 2.05) is 31.2 Å². The molecule has 1 aromatic carbocycles. The third kappa shape index (κ3) is 5.14. The summed E-state index contributed by atoms with van der Waals surface area (Å²) in [7, 11) is 1.72. The van der Waals surface area contributed by atoms with Crippen LogP contribution in [0.2, 0.25) is 0 Å². The molecule has 1 saturated carbocycles.